The molecule has 0 aromatic heterocycles. The van der Waals surface area contributed by atoms with Gasteiger partial charge in [0, 0.05) is 6.61 Å². The van der Waals surface area contributed by atoms with E-state index < -0.39 is 5.97 Å². The van der Waals surface area contributed by atoms with Crippen LogP contribution in [0.1, 0.15) is 33.6 Å². The number of carbonyl (C=O) groups is 2. The predicted octanol–water partition coefficient (Wildman–Crippen LogP) is 1.25. The molecule has 0 aliphatic heterocycles. The average Bonchev–Trinajstić information content (AvgIpc) is 2.04. The zero-order chi connectivity index (χ0) is 11.4. The first-order valence-electron chi connectivity index (χ1n) is 4.83. The molecule has 0 unspecified atom stereocenters. The molecule has 0 saturated heterocycles. The highest BCUT2D eigenvalue weighted by molar-refractivity contribution is 6.26. The van der Waals surface area contributed by atoms with Crippen LogP contribution in [0.2, 0.25) is 5.28 Å². The minimum atomic E-state index is -1.06. The number of ketones is 1. The lowest BCUT2D eigenvalue weighted by molar-refractivity contribution is -0.139. The van der Waals surface area contributed by atoms with Gasteiger partial charge in [-0.25, -0.2) is 0 Å². The fourth-order valence-corrected chi connectivity index (χ4v) is 1.39. The van der Waals surface area contributed by atoms with Gasteiger partial charge >= 0.3 is 21.5 Å². The lowest BCUT2D eigenvalue weighted by atomic mass is 10.3. The highest BCUT2D eigenvalue weighted by atomic mass is 27.1. The fraction of sp³-hybridized carbons (Fsp3) is 0.778. The van der Waals surface area contributed by atoms with Crippen LogP contribution >= 0.6 is 0 Å². The van der Waals surface area contributed by atoms with E-state index in [0.717, 1.165) is 6.61 Å². The smallest absolute Gasteiger partial charge is 0.435 e. The first-order chi connectivity index (χ1) is 6.54. The molecule has 0 fully saturated rings. The van der Waals surface area contributed by atoms with Crippen molar-refractivity contribution in [3.05, 3.63) is 0 Å². The molecule has 0 aliphatic carbocycles. The maximum absolute atomic E-state index is 9.87. The summed E-state index contributed by atoms with van der Waals surface area (Å²) in [6, 6.07) is 0. The first-order valence-corrected chi connectivity index (χ1v) is 6.41. The van der Waals surface area contributed by atoms with Crippen LogP contribution in [0.25, 0.3) is 0 Å². The Morgan fingerprint density at radius 2 is 1.93 bits per heavy atom. The Balaban J connectivity index is 0. The number of hydrogen-bond acceptors (Lipinski definition) is 3. The summed E-state index contributed by atoms with van der Waals surface area (Å²) in [5.41, 5.74) is 0. The van der Waals surface area contributed by atoms with Crippen molar-refractivity contribution < 1.29 is 18.5 Å². The molecule has 0 bridgehead atoms. The summed E-state index contributed by atoms with van der Waals surface area (Å²) in [6.07, 6.45) is 0.812. The van der Waals surface area contributed by atoms with Crippen molar-refractivity contribution in [1.82, 2.24) is 0 Å². The van der Waals surface area contributed by atoms with Crippen molar-refractivity contribution in [1.29, 1.82) is 0 Å². The van der Waals surface area contributed by atoms with E-state index in [1.165, 1.54) is 18.6 Å². The van der Waals surface area contributed by atoms with Crippen LogP contribution in [-0.2, 0) is 13.4 Å². The van der Waals surface area contributed by atoms with E-state index in [1.807, 2.05) is 0 Å². The van der Waals surface area contributed by atoms with Gasteiger partial charge in [0.25, 0.3) is 0 Å². The average molecular weight is 218 g/mol. The van der Waals surface area contributed by atoms with Gasteiger partial charge in [-0.2, -0.15) is 0 Å². The van der Waals surface area contributed by atoms with Gasteiger partial charge in [0.15, 0.2) is 0 Å². The molecule has 0 radical (unpaired) electrons. The maximum atomic E-state index is 9.87. The van der Waals surface area contributed by atoms with E-state index >= 15 is 0 Å². The molecule has 0 atom stereocenters. The number of hydrogen-bond donors (Lipinski definition) is 1. The topological polar surface area (TPSA) is 63.6 Å². The molecule has 1 N–H and O–H groups in total. The highest BCUT2D eigenvalue weighted by Crippen LogP contribution is 1.79. The number of rotatable bonds is 6. The molecule has 0 amide bonds. The van der Waals surface area contributed by atoms with Crippen LogP contribution in [0.5, 0.6) is 0 Å². The predicted molar refractivity (Wildman–Crippen MR) is 56.8 cm³/mol. The lowest BCUT2D eigenvalue weighted by Crippen LogP contribution is -2.00. The Bertz CT molecular complexity index is 143. The summed E-state index contributed by atoms with van der Waals surface area (Å²) in [6.45, 7) is 6.56. The zero-order valence-electron chi connectivity index (χ0n) is 9.21. The molecule has 14 heavy (non-hydrogen) atoms. The third-order valence-corrected chi connectivity index (χ3v) is 2.08. The summed E-state index contributed by atoms with van der Waals surface area (Å²) in [5.74, 6) is -1.37. The third kappa shape index (κ3) is 22.6. The van der Waals surface area contributed by atoms with Crippen molar-refractivity contribution in [2.24, 2.45) is 0 Å². The Labute approximate surface area is 91.7 Å². The lowest BCUT2D eigenvalue weighted by Gasteiger charge is -1.94. The maximum Gasteiger partial charge on any atom is 0.435 e. The van der Waals surface area contributed by atoms with Crippen molar-refractivity contribution >= 4 is 27.3 Å². The largest absolute Gasteiger partial charge is 0.503 e. The van der Waals surface area contributed by atoms with Gasteiger partial charge < -0.3 is 8.90 Å². The van der Waals surface area contributed by atoms with E-state index in [-0.39, 0.29) is 27.8 Å². The van der Waals surface area contributed by atoms with E-state index in [0.29, 0.717) is 0 Å². The summed E-state index contributed by atoms with van der Waals surface area (Å²) in [5, 5.41) is 9.14. The van der Waals surface area contributed by atoms with Gasteiger partial charge in [-0.15, -0.1) is 0 Å². The molecule has 5 heteroatoms. The molecular weight excluding hydrogens is 199 g/mol. The minimum Gasteiger partial charge on any atom is -0.503 e. The first kappa shape index (κ1) is 16.1. The van der Waals surface area contributed by atoms with Crippen LogP contribution in [0.4, 0.5) is 0 Å². The molecule has 82 valence electrons. The second-order valence-corrected chi connectivity index (χ2v) is 4.70. The van der Waals surface area contributed by atoms with E-state index in [1.54, 1.807) is 0 Å². The number of aliphatic carboxylic acids is 1. The van der Waals surface area contributed by atoms with Crippen LogP contribution in [0.3, 0.4) is 0 Å². The monoisotopic (exact) mass is 218 g/mol. The third-order valence-electron chi connectivity index (χ3n) is 1.10. The Morgan fingerprint density at radius 1 is 1.36 bits per heavy atom. The van der Waals surface area contributed by atoms with E-state index in [4.69, 9.17) is 8.90 Å². The van der Waals surface area contributed by atoms with Crippen molar-refractivity contribution in [3.63, 3.8) is 0 Å². The van der Waals surface area contributed by atoms with Crippen LogP contribution < -0.4 is 0 Å². The summed E-state index contributed by atoms with van der Waals surface area (Å²) >= 11 is -0.0893. The Morgan fingerprint density at radius 3 is 2.14 bits per heavy atom. The van der Waals surface area contributed by atoms with Gasteiger partial charge in [0.1, 0.15) is 12.2 Å². The molecule has 0 spiro atoms. The molecule has 0 aromatic carbocycles. The number of Topliss-reactive ketones (excluding diaryl/α,β-unsaturated/α-hetero) is 1. The number of carboxylic acid groups (broad SMARTS) is 1. The Kier molecular flexibility index (Phi) is 14.5. The second kappa shape index (κ2) is 12.6. The van der Waals surface area contributed by atoms with Crippen molar-refractivity contribution in [2.75, 3.05) is 6.61 Å². The standard InChI is InChI=1S/C4H6O3.C3H7O.C2H5.Al.H/c1-3(5)2-4(6)7;1-2-3-4;1-2;;/h2H2,1H3,(H,6,7);2-3H2,1H3;1H2,2H3;;/q;-1;;+1;. The van der Waals surface area contributed by atoms with Gasteiger partial charge in [-0.3, -0.25) is 9.59 Å². The van der Waals surface area contributed by atoms with Crippen molar-refractivity contribution in [2.45, 2.75) is 38.9 Å². The summed E-state index contributed by atoms with van der Waals surface area (Å²) in [7, 11) is 0. The highest BCUT2D eigenvalue weighted by Gasteiger charge is 1.98. The summed E-state index contributed by atoms with van der Waals surface area (Å²) < 4.78 is 5.27. The van der Waals surface area contributed by atoms with E-state index in [2.05, 4.69) is 13.8 Å². The molecule has 0 rings (SSSR count). The van der Waals surface area contributed by atoms with Crippen molar-refractivity contribution in [3.8, 4) is 0 Å². The van der Waals surface area contributed by atoms with Crippen LogP contribution in [0.15, 0.2) is 0 Å². The molecule has 0 saturated carbocycles. The molecule has 0 aromatic rings. The van der Waals surface area contributed by atoms with Gasteiger partial charge in [0.05, 0.1) is 0 Å². The minimum absolute atomic E-state index is 0.0893. The van der Waals surface area contributed by atoms with Gasteiger partial charge in [0.2, 0.25) is 0 Å². The quantitative estimate of drug-likeness (QED) is 0.414. The summed E-state index contributed by atoms with van der Waals surface area (Å²) in [4.78, 5) is 19.5. The Hall–Kier alpha value is -0.368. The number of carboxylic acids is 1. The van der Waals surface area contributed by atoms with Gasteiger partial charge in [-0.05, 0) is 13.3 Å². The second-order valence-electron chi connectivity index (χ2n) is 2.88. The molecule has 4 nitrogen and oxygen atoms in total. The van der Waals surface area contributed by atoms with Crippen LogP contribution in [0, 0.1) is 0 Å². The van der Waals surface area contributed by atoms with Gasteiger partial charge in [-0.1, -0.05) is 19.1 Å². The molecule has 0 aliphatic rings. The molecular formula is C9H19AlO4. The SMILES string of the molecule is CC(=O)CC(=O)O.CCC[O][AlH][CH2]C. The fourth-order valence-electron chi connectivity index (χ4n) is 0.604. The van der Waals surface area contributed by atoms with Crippen LogP contribution in [-0.4, -0.2) is 39.0 Å². The molecule has 0 heterocycles. The zero-order valence-corrected chi connectivity index (χ0v) is 10.6. The van der Waals surface area contributed by atoms with E-state index in [9.17, 15) is 9.59 Å². The number of carbonyl (C=O) groups excluding carboxylic acids is 1. The normalized spacial score (nSPS) is 8.50.